The molecule has 0 N–H and O–H groups in total. The minimum Gasteiger partial charge on any atom is -0.486 e. The number of aryl methyl sites for hydroxylation is 1. The fourth-order valence-electron chi connectivity index (χ4n) is 5.17. The van der Waals surface area contributed by atoms with E-state index in [2.05, 4.69) is 57.2 Å². The Morgan fingerprint density at radius 3 is 2.50 bits per heavy atom. The molecular formula is C31H36N2O5. The SMILES string of the molecule is Cc1ccc(C2c3cc(OCc4ccc(C(=O)N5CCOCC5)o4)ccc3CCN2C(=O)CC(C)C)cc1. The Labute approximate surface area is 224 Å². The van der Waals surface area contributed by atoms with Crippen LogP contribution in [0.5, 0.6) is 5.75 Å². The van der Waals surface area contributed by atoms with Crippen molar-refractivity contribution < 1.29 is 23.5 Å². The van der Waals surface area contributed by atoms with Gasteiger partial charge in [-0.15, -0.1) is 0 Å². The van der Waals surface area contributed by atoms with Gasteiger partial charge in [0.15, 0.2) is 5.76 Å². The molecule has 1 fully saturated rings. The summed E-state index contributed by atoms with van der Waals surface area (Å²) in [5.41, 5.74) is 4.61. The molecule has 2 aliphatic heterocycles. The third kappa shape index (κ3) is 5.78. The molecule has 2 aliphatic rings. The van der Waals surface area contributed by atoms with E-state index < -0.39 is 0 Å². The molecule has 3 aromatic rings. The van der Waals surface area contributed by atoms with Crippen molar-refractivity contribution in [2.75, 3.05) is 32.8 Å². The van der Waals surface area contributed by atoms with E-state index in [1.165, 1.54) is 11.1 Å². The van der Waals surface area contributed by atoms with Crippen LogP contribution >= 0.6 is 0 Å². The van der Waals surface area contributed by atoms with Crippen LogP contribution < -0.4 is 4.74 Å². The number of rotatable bonds is 7. The van der Waals surface area contributed by atoms with Crippen molar-refractivity contribution in [2.24, 2.45) is 5.92 Å². The summed E-state index contributed by atoms with van der Waals surface area (Å²) in [5, 5.41) is 0. The second-order valence-electron chi connectivity index (χ2n) is 10.6. The first-order valence-corrected chi connectivity index (χ1v) is 13.5. The Morgan fingerprint density at radius 1 is 1.00 bits per heavy atom. The standard InChI is InChI=1S/C31H36N2O5/c1-21(2)18-29(34)33-13-12-23-8-9-25(19-27(23)30(33)24-6-4-22(3)5-7-24)37-20-26-10-11-28(38-26)31(35)32-14-16-36-17-15-32/h4-11,19,21,30H,12-18,20H2,1-3H3. The number of amides is 2. The quantitative estimate of drug-likeness (QED) is 0.434. The first-order chi connectivity index (χ1) is 18.4. The first kappa shape index (κ1) is 26.0. The third-order valence-electron chi connectivity index (χ3n) is 7.19. The summed E-state index contributed by atoms with van der Waals surface area (Å²) in [4.78, 5) is 29.7. The highest BCUT2D eigenvalue weighted by Gasteiger charge is 2.32. The molecule has 0 radical (unpaired) electrons. The minimum atomic E-state index is -0.157. The summed E-state index contributed by atoms with van der Waals surface area (Å²) >= 11 is 0. The topological polar surface area (TPSA) is 72.2 Å². The van der Waals surface area contributed by atoms with E-state index in [9.17, 15) is 9.59 Å². The summed E-state index contributed by atoms with van der Waals surface area (Å²) in [6, 6.07) is 17.9. The Balaban J connectivity index is 1.35. The predicted molar refractivity (Wildman–Crippen MR) is 144 cm³/mol. The lowest BCUT2D eigenvalue weighted by Crippen LogP contribution is -2.41. The second kappa shape index (κ2) is 11.4. The molecule has 0 aliphatic carbocycles. The van der Waals surface area contributed by atoms with Crippen LogP contribution in [0.1, 0.15) is 64.9 Å². The average molecular weight is 517 g/mol. The van der Waals surface area contributed by atoms with E-state index in [1.807, 2.05) is 11.0 Å². The van der Waals surface area contributed by atoms with Gasteiger partial charge in [-0.25, -0.2) is 0 Å². The maximum Gasteiger partial charge on any atom is 0.289 e. The zero-order chi connectivity index (χ0) is 26.6. The van der Waals surface area contributed by atoms with Gasteiger partial charge in [-0.05, 0) is 60.2 Å². The van der Waals surface area contributed by atoms with E-state index in [0.717, 1.165) is 17.5 Å². The van der Waals surface area contributed by atoms with Crippen molar-refractivity contribution in [1.29, 1.82) is 0 Å². The number of hydrogen-bond donors (Lipinski definition) is 0. The molecule has 0 saturated carbocycles. The summed E-state index contributed by atoms with van der Waals surface area (Å²) in [7, 11) is 0. The molecule has 3 heterocycles. The van der Waals surface area contributed by atoms with E-state index in [-0.39, 0.29) is 24.5 Å². The summed E-state index contributed by atoms with van der Waals surface area (Å²) in [6.07, 6.45) is 1.34. The number of carbonyl (C=O) groups excluding carboxylic acids is 2. The van der Waals surface area contributed by atoms with Gasteiger partial charge in [0.1, 0.15) is 18.1 Å². The summed E-state index contributed by atoms with van der Waals surface area (Å²) in [5.74, 6) is 1.95. The van der Waals surface area contributed by atoms with Crippen LogP contribution in [0.15, 0.2) is 59.0 Å². The molecule has 1 unspecified atom stereocenters. The number of ether oxygens (including phenoxy) is 2. The Bertz CT molecular complexity index is 1270. The third-order valence-corrected chi connectivity index (χ3v) is 7.19. The van der Waals surface area contributed by atoms with Gasteiger partial charge in [0.2, 0.25) is 5.91 Å². The lowest BCUT2D eigenvalue weighted by atomic mass is 9.87. The monoisotopic (exact) mass is 516 g/mol. The number of hydrogen-bond acceptors (Lipinski definition) is 5. The highest BCUT2D eigenvalue weighted by Crippen LogP contribution is 2.38. The van der Waals surface area contributed by atoms with Crippen molar-refractivity contribution >= 4 is 11.8 Å². The van der Waals surface area contributed by atoms with Gasteiger partial charge in [0.05, 0.1) is 19.3 Å². The summed E-state index contributed by atoms with van der Waals surface area (Å²) < 4.78 is 17.3. The molecule has 7 heteroatoms. The fourth-order valence-corrected chi connectivity index (χ4v) is 5.17. The smallest absolute Gasteiger partial charge is 0.289 e. The molecule has 7 nitrogen and oxygen atoms in total. The highest BCUT2D eigenvalue weighted by atomic mass is 16.5. The second-order valence-corrected chi connectivity index (χ2v) is 10.6. The van der Waals surface area contributed by atoms with Gasteiger partial charge in [-0.3, -0.25) is 9.59 Å². The molecule has 1 aromatic heterocycles. The van der Waals surface area contributed by atoms with E-state index in [1.54, 1.807) is 17.0 Å². The molecule has 0 spiro atoms. The van der Waals surface area contributed by atoms with Crippen molar-refractivity contribution in [3.63, 3.8) is 0 Å². The number of nitrogens with zero attached hydrogens (tertiary/aromatic N) is 2. The zero-order valence-corrected chi connectivity index (χ0v) is 22.4. The van der Waals surface area contributed by atoms with Crippen LogP contribution in [-0.4, -0.2) is 54.5 Å². The number of morpholine rings is 1. The minimum absolute atomic E-state index is 0.125. The normalized spacial score (nSPS) is 17.4. The number of fused-ring (bicyclic) bond motifs is 1. The number of carbonyl (C=O) groups is 2. The molecule has 2 aromatic carbocycles. The van der Waals surface area contributed by atoms with Crippen LogP contribution in [-0.2, 0) is 22.6 Å². The van der Waals surface area contributed by atoms with Crippen LogP contribution in [0.25, 0.3) is 0 Å². The van der Waals surface area contributed by atoms with Gasteiger partial charge in [0, 0.05) is 26.1 Å². The van der Waals surface area contributed by atoms with Crippen LogP contribution in [0, 0.1) is 12.8 Å². The van der Waals surface area contributed by atoms with Crippen molar-refractivity contribution in [2.45, 2.75) is 46.3 Å². The molecule has 1 saturated heterocycles. The first-order valence-electron chi connectivity index (χ1n) is 13.5. The van der Waals surface area contributed by atoms with Gasteiger partial charge in [-0.1, -0.05) is 49.7 Å². The molecule has 200 valence electrons. The van der Waals surface area contributed by atoms with Gasteiger partial charge >= 0.3 is 0 Å². The van der Waals surface area contributed by atoms with E-state index in [4.69, 9.17) is 13.9 Å². The zero-order valence-electron chi connectivity index (χ0n) is 22.4. The van der Waals surface area contributed by atoms with Gasteiger partial charge in [0.25, 0.3) is 5.91 Å². The van der Waals surface area contributed by atoms with Crippen molar-refractivity contribution in [3.8, 4) is 5.75 Å². The van der Waals surface area contributed by atoms with Crippen molar-refractivity contribution in [3.05, 3.63) is 88.4 Å². The largest absolute Gasteiger partial charge is 0.486 e. The Kier molecular flexibility index (Phi) is 7.84. The van der Waals surface area contributed by atoms with Gasteiger partial charge < -0.3 is 23.7 Å². The molecule has 38 heavy (non-hydrogen) atoms. The predicted octanol–water partition coefficient (Wildman–Crippen LogP) is 5.16. The number of benzene rings is 2. The maximum atomic E-state index is 13.3. The Hall–Kier alpha value is -3.58. The van der Waals surface area contributed by atoms with Crippen LogP contribution in [0.3, 0.4) is 0 Å². The van der Waals surface area contributed by atoms with Crippen LogP contribution in [0.2, 0.25) is 0 Å². The molecular weight excluding hydrogens is 480 g/mol. The summed E-state index contributed by atoms with van der Waals surface area (Å²) in [6.45, 7) is 9.37. The van der Waals surface area contributed by atoms with E-state index in [0.29, 0.717) is 62.5 Å². The Morgan fingerprint density at radius 2 is 1.76 bits per heavy atom. The molecule has 2 amide bonds. The molecule has 1 atom stereocenters. The fraction of sp³-hybridized carbons (Fsp3) is 0.419. The number of furan rings is 1. The van der Waals surface area contributed by atoms with E-state index >= 15 is 0 Å². The lowest BCUT2D eigenvalue weighted by Gasteiger charge is -2.38. The van der Waals surface area contributed by atoms with Crippen LogP contribution in [0.4, 0.5) is 0 Å². The molecule has 5 rings (SSSR count). The molecule has 0 bridgehead atoms. The lowest BCUT2D eigenvalue weighted by molar-refractivity contribution is -0.134. The van der Waals surface area contributed by atoms with Crippen molar-refractivity contribution in [1.82, 2.24) is 9.80 Å². The maximum absolute atomic E-state index is 13.3. The highest BCUT2D eigenvalue weighted by molar-refractivity contribution is 5.91. The average Bonchev–Trinajstić information content (AvgIpc) is 3.40. The van der Waals surface area contributed by atoms with Gasteiger partial charge in [-0.2, -0.15) is 0 Å².